The van der Waals surface area contributed by atoms with Gasteiger partial charge >= 0.3 is 5.97 Å². The van der Waals surface area contributed by atoms with Gasteiger partial charge in [-0.1, -0.05) is 0 Å². The highest BCUT2D eigenvalue weighted by Gasteiger charge is 2.30. The summed E-state index contributed by atoms with van der Waals surface area (Å²) in [5.74, 6) is -0.265. The minimum absolute atomic E-state index is 0.553. The van der Waals surface area contributed by atoms with E-state index in [9.17, 15) is 9.90 Å². The second kappa shape index (κ2) is 5.35. The molecule has 0 radical (unpaired) electrons. The van der Waals surface area contributed by atoms with E-state index in [0.29, 0.717) is 18.1 Å². The summed E-state index contributed by atoms with van der Waals surface area (Å²) >= 11 is 0. The summed E-state index contributed by atoms with van der Waals surface area (Å²) in [5.41, 5.74) is 1.87. The monoisotopic (exact) mass is 309 g/mol. The number of nitrogens with zero attached hydrogens (tertiary/aromatic N) is 5. The van der Waals surface area contributed by atoms with Crippen LogP contribution in [0.3, 0.4) is 0 Å². The molecule has 1 unspecified atom stereocenters. The molecule has 0 spiro atoms. The molecule has 0 saturated heterocycles. The fraction of sp³-hybridized carbons (Fsp3) is 0.250. The Hall–Kier alpha value is -2.96. The first-order valence-electron chi connectivity index (χ1n) is 7.49. The van der Waals surface area contributed by atoms with Gasteiger partial charge in [0.2, 0.25) is 0 Å². The van der Waals surface area contributed by atoms with Crippen molar-refractivity contribution < 1.29 is 9.90 Å². The molecule has 0 fully saturated rings. The summed E-state index contributed by atoms with van der Waals surface area (Å²) in [7, 11) is 0. The molecule has 0 saturated carbocycles. The maximum absolute atomic E-state index is 11.3. The molecule has 2 aromatic heterocycles. The summed E-state index contributed by atoms with van der Waals surface area (Å²) in [6, 6.07) is 7.80. The van der Waals surface area contributed by atoms with Crippen molar-refractivity contribution >= 4 is 5.97 Å². The third kappa shape index (κ3) is 2.40. The molecule has 1 aliphatic heterocycles. The number of aliphatic carboxylic acids is 1. The average Bonchev–Trinajstić information content (AvgIpc) is 3.24. The number of hydrogen-bond acceptors (Lipinski definition) is 4. The first kappa shape index (κ1) is 13.7. The Labute approximate surface area is 132 Å². The van der Waals surface area contributed by atoms with Crippen molar-refractivity contribution in [3.05, 3.63) is 48.8 Å². The molecular weight excluding hydrogens is 294 g/mol. The van der Waals surface area contributed by atoms with Gasteiger partial charge in [-0.05, 0) is 37.1 Å². The molecule has 23 heavy (non-hydrogen) atoms. The van der Waals surface area contributed by atoms with Crippen LogP contribution in [0.15, 0.2) is 43.0 Å². The van der Waals surface area contributed by atoms with Crippen molar-refractivity contribution in [2.24, 2.45) is 0 Å². The predicted octanol–water partition coefficient (Wildman–Crippen LogP) is 2.09. The lowest BCUT2D eigenvalue weighted by molar-refractivity contribution is -0.139. The Kier molecular flexibility index (Phi) is 3.18. The van der Waals surface area contributed by atoms with Gasteiger partial charge in [0.05, 0.1) is 6.33 Å². The highest BCUT2D eigenvalue weighted by Crippen LogP contribution is 2.28. The molecule has 3 heterocycles. The number of carboxylic acids is 1. The number of carbonyl (C=O) groups is 1. The number of rotatable bonds is 3. The van der Waals surface area contributed by atoms with Gasteiger partial charge in [0.25, 0.3) is 0 Å². The molecule has 0 bridgehead atoms. The van der Waals surface area contributed by atoms with Gasteiger partial charge in [0, 0.05) is 30.2 Å². The fourth-order valence-corrected chi connectivity index (χ4v) is 2.90. The SMILES string of the molecule is O=C(O)C1CCCn2nc(-c3ccc(-n4ccnc4)cc3)nc21. The van der Waals surface area contributed by atoms with Gasteiger partial charge in [-0.3, -0.25) is 4.79 Å². The third-order valence-corrected chi connectivity index (χ3v) is 4.10. The zero-order valence-corrected chi connectivity index (χ0v) is 12.3. The lowest BCUT2D eigenvalue weighted by atomic mass is 10.00. The van der Waals surface area contributed by atoms with Crippen LogP contribution in [0.4, 0.5) is 0 Å². The first-order chi connectivity index (χ1) is 11.2. The maximum Gasteiger partial charge on any atom is 0.314 e. The molecular formula is C16H15N5O2. The Morgan fingerprint density at radius 3 is 2.78 bits per heavy atom. The van der Waals surface area contributed by atoms with Crippen LogP contribution in [0.25, 0.3) is 17.1 Å². The van der Waals surface area contributed by atoms with Crippen molar-refractivity contribution in [1.29, 1.82) is 0 Å². The molecule has 0 aliphatic carbocycles. The van der Waals surface area contributed by atoms with Crippen molar-refractivity contribution in [3.8, 4) is 17.1 Å². The predicted molar refractivity (Wildman–Crippen MR) is 82.2 cm³/mol. The third-order valence-electron chi connectivity index (χ3n) is 4.10. The summed E-state index contributed by atoms with van der Waals surface area (Å²) in [4.78, 5) is 19.8. The van der Waals surface area contributed by atoms with E-state index in [1.807, 2.05) is 35.0 Å². The number of imidazole rings is 1. The molecule has 3 aromatic rings. The van der Waals surface area contributed by atoms with Crippen LogP contribution < -0.4 is 0 Å². The smallest absolute Gasteiger partial charge is 0.314 e. The summed E-state index contributed by atoms with van der Waals surface area (Å²) in [6.45, 7) is 0.721. The van der Waals surface area contributed by atoms with Crippen molar-refractivity contribution in [2.45, 2.75) is 25.3 Å². The van der Waals surface area contributed by atoms with Crippen molar-refractivity contribution in [2.75, 3.05) is 0 Å². The second-order valence-corrected chi connectivity index (χ2v) is 5.57. The quantitative estimate of drug-likeness (QED) is 0.800. The van der Waals surface area contributed by atoms with E-state index in [-0.39, 0.29) is 0 Å². The molecule has 0 amide bonds. The van der Waals surface area contributed by atoms with E-state index in [4.69, 9.17) is 0 Å². The van der Waals surface area contributed by atoms with E-state index < -0.39 is 11.9 Å². The number of benzene rings is 1. The maximum atomic E-state index is 11.3. The largest absolute Gasteiger partial charge is 0.481 e. The Morgan fingerprint density at radius 1 is 1.26 bits per heavy atom. The molecule has 1 N–H and O–H groups in total. The number of carboxylic acid groups (broad SMARTS) is 1. The van der Waals surface area contributed by atoms with Gasteiger partial charge in [0.15, 0.2) is 5.82 Å². The van der Waals surface area contributed by atoms with E-state index in [1.165, 1.54) is 0 Å². The summed E-state index contributed by atoms with van der Waals surface area (Å²) in [5, 5.41) is 13.8. The highest BCUT2D eigenvalue weighted by atomic mass is 16.4. The molecule has 7 heteroatoms. The van der Waals surface area contributed by atoms with Crippen molar-refractivity contribution in [3.63, 3.8) is 0 Å². The molecule has 116 valence electrons. The Bertz CT molecular complexity index is 836. The van der Waals surface area contributed by atoms with Crippen LogP contribution in [0.1, 0.15) is 24.6 Å². The van der Waals surface area contributed by atoms with Crippen LogP contribution in [-0.4, -0.2) is 35.4 Å². The number of aryl methyl sites for hydroxylation is 1. The molecule has 1 atom stereocenters. The summed E-state index contributed by atoms with van der Waals surface area (Å²) < 4.78 is 3.64. The van der Waals surface area contributed by atoms with Crippen LogP contribution in [0, 0.1) is 0 Å². The molecule has 7 nitrogen and oxygen atoms in total. The van der Waals surface area contributed by atoms with Gasteiger partial charge in [-0.25, -0.2) is 14.6 Å². The highest BCUT2D eigenvalue weighted by molar-refractivity contribution is 5.75. The van der Waals surface area contributed by atoms with Crippen molar-refractivity contribution in [1.82, 2.24) is 24.3 Å². The molecule has 1 aromatic carbocycles. The normalized spacial score (nSPS) is 17.0. The van der Waals surface area contributed by atoms with E-state index in [2.05, 4.69) is 15.1 Å². The van der Waals surface area contributed by atoms with Crippen LogP contribution in [0.5, 0.6) is 0 Å². The van der Waals surface area contributed by atoms with Gasteiger partial charge in [-0.2, -0.15) is 5.10 Å². The van der Waals surface area contributed by atoms with Gasteiger partial charge in [0.1, 0.15) is 11.7 Å². The minimum Gasteiger partial charge on any atom is -0.481 e. The molecule has 4 rings (SSSR count). The lowest BCUT2D eigenvalue weighted by Crippen LogP contribution is -2.22. The zero-order valence-electron chi connectivity index (χ0n) is 12.3. The van der Waals surface area contributed by atoms with Crippen LogP contribution in [-0.2, 0) is 11.3 Å². The van der Waals surface area contributed by atoms with Gasteiger partial charge in [-0.15, -0.1) is 0 Å². The first-order valence-corrected chi connectivity index (χ1v) is 7.49. The van der Waals surface area contributed by atoms with E-state index in [0.717, 1.165) is 24.2 Å². The Morgan fingerprint density at radius 2 is 2.09 bits per heavy atom. The van der Waals surface area contributed by atoms with Gasteiger partial charge < -0.3 is 9.67 Å². The van der Waals surface area contributed by atoms with E-state index in [1.54, 1.807) is 17.2 Å². The number of fused-ring (bicyclic) bond motifs is 1. The van der Waals surface area contributed by atoms with Crippen LogP contribution >= 0.6 is 0 Å². The fourth-order valence-electron chi connectivity index (χ4n) is 2.90. The lowest BCUT2D eigenvalue weighted by Gasteiger charge is -2.17. The standard InChI is InChI=1S/C16H15N5O2/c22-16(23)13-2-1-8-21-15(13)18-14(19-21)11-3-5-12(6-4-11)20-9-7-17-10-20/h3-7,9-10,13H,1-2,8H2,(H,22,23). The minimum atomic E-state index is -0.833. The number of hydrogen-bond donors (Lipinski definition) is 1. The average molecular weight is 309 g/mol. The van der Waals surface area contributed by atoms with E-state index >= 15 is 0 Å². The van der Waals surface area contributed by atoms with Crippen LogP contribution in [0.2, 0.25) is 0 Å². The Balaban J connectivity index is 1.68. The zero-order chi connectivity index (χ0) is 15.8. The summed E-state index contributed by atoms with van der Waals surface area (Å²) in [6.07, 6.45) is 6.77. The second-order valence-electron chi connectivity index (χ2n) is 5.57. The number of aromatic nitrogens is 5. The molecule has 1 aliphatic rings. The topological polar surface area (TPSA) is 85.8 Å².